The van der Waals surface area contributed by atoms with Crippen molar-refractivity contribution in [2.75, 3.05) is 0 Å². The van der Waals surface area contributed by atoms with E-state index in [1.807, 2.05) is 60.7 Å². The Labute approximate surface area is 428 Å². The highest BCUT2D eigenvalue weighted by Gasteiger charge is 2.46. The molecule has 0 bridgehead atoms. The molecule has 13 aromatic rings. The molecule has 74 heavy (non-hydrogen) atoms. The lowest BCUT2D eigenvalue weighted by Gasteiger charge is -2.34. The minimum atomic E-state index is -0.597. The van der Waals surface area contributed by atoms with E-state index in [1.165, 1.54) is 33.4 Å². The highest BCUT2D eigenvalue weighted by Crippen LogP contribution is 2.57. The molecule has 14 rings (SSSR count). The van der Waals surface area contributed by atoms with Crippen LogP contribution < -0.4 is 0 Å². The maximum Gasteiger partial charge on any atom is 0.164 e. The number of rotatable bonds is 8. The predicted molar refractivity (Wildman–Crippen MR) is 301 cm³/mol. The zero-order valence-corrected chi connectivity index (χ0v) is 40.1. The molecule has 0 spiro atoms. The minimum Gasteiger partial charge on any atom is -0.309 e. The molecule has 0 amide bonds. The lowest BCUT2D eigenvalue weighted by atomic mass is 9.67. The summed E-state index contributed by atoms with van der Waals surface area (Å²) in [6, 6.07) is 94.9. The average Bonchev–Trinajstić information content (AvgIpc) is 3.98. The second-order valence-corrected chi connectivity index (χ2v) is 19.1. The first-order valence-corrected chi connectivity index (χ1v) is 25.0. The van der Waals surface area contributed by atoms with Gasteiger partial charge in [0.05, 0.1) is 28.1 Å². The lowest BCUT2D eigenvalue weighted by molar-refractivity contribution is 0.769. The third kappa shape index (κ3) is 6.96. The van der Waals surface area contributed by atoms with E-state index in [-0.39, 0.29) is 0 Å². The molecular formula is C69H43N5. The van der Waals surface area contributed by atoms with Crippen LogP contribution in [0.25, 0.3) is 106 Å². The SMILES string of the molecule is N#Cc1cc(-c2ccccc2)cc(-c2cc(-c3nc(-c4ccccc4)nc(-c4ccc5ccccc5c4)n3)cc(-n3c4ccccc4c4cc5c(cc43)C(c3ccccc3)(c3ccccc3)c3ccccc3-5)c2)c1. The molecule has 1 aliphatic rings. The molecule has 2 heterocycles. The van der Waals surface area contributed by atoms with Crippen LogP contribution in [0.5, 0.6) is 0 Å². The van der Waals surface area contributed by atoms with Gasteiger partial charge in [0.25, 0.3) is 0 Å². The summed E-state index contributed by atoms with van der Waals surface area (Å²) in [7, 11) is 0. The Hall–Kier alpha value is -10.0. The van der Waals surface area contributed by atoms with E-state index in [0.29, 0.717) is 23.0 Å². The summed E-state index contributed by atoms with van der Waals surface area (Å²) in [6.07, 6.45) is 0. The zero-order chi connectivity index (χ0) is 49.2. The molecule has 0 N–H and O–H groups in total. The standard InChI is InChI=1S/C69H43N5/c70-44-45-35-51(46-19-5-1-6-20-46)38-52(36-45)53-39-54(68-72-66(48-22-7-2-8-23-48)71-67(73-68)50-34-33-47-21-13-14-24-49(47)37-50)41-57(40-53)74-64-32-18-16-30-59(64)61-42-60-58-29-15-17-31-62(58)69(63(60)43-65(61)74,55-25-9-3-10-26-55)56-27-11-4-12-28-56/h1-43H. The van der Waals surface area contributed by atoms with Crippen LogP contribution in [0.1, 0.15) is 27.8 Å². The Balaban J connectivity index is 1.07. The fourth-order valence-electron chi connectivity index (χ4n) is 11.6. The maximum atomic E-state index is 10.6. The van der Waals surface area contributed by atoms with Crippen LogP contribution in [0.15, 0.2) is 261 Å². The average molecular weight is 942 g/mol. The van der Waals surface area contributed by atoms with E-state index in [0.717, 1.165) is 77.2 Å². The van der Waals surface area contributed by atoms with E-state index in [4.69, 9.17) is 15.0 Å². The molecule has 11 aromatic carbocycles. The Morgan fingerprint density at radius 3 is 1.59 bits per heavy atom. The third-order valence-corrected chi connectivity index (χ3v) is 14.9. The van der Waals surface area contributed by atoms with Crippen LogP contribution in [-0.4, -0.2) is 19.5 Å². The Kier molecular flexibility index (Phi) is 10.1. The fourth-order valence-corrected chi connectivity index (χ4v) is 11.6. The molecule has 0 unspecified atom stereocenters. The van der Waals surface area contributed by atoms with Gasteiger partial charge in [-0.15, -0.1) is 0 Å². The predicted octanol–water partition coefficient (Wildman–Crippen LogP) is 16.7. The number of fused-ring (bicyclic) bond motifs is 7. The number of hydrogen-bond acceptors (Lipinski definition) is 4. The summed E-state index contributed by atoms with van der Waals surface area (Å²) >= 11 is 0. The summed E-state index contributed by atoms with van der Waals surface area (Å²) in [6.45, 7) is 0. The number of para-hydroxylation sites is 1. The van der Waals surface area contributed by atoms with Crippen molar-refractivity contribution in [3.63, 3.8) is 0 Å². The summed E-state index contributed by atoms with van der Waals surface area (Å²) in [5, 5.41) is 15.1. The summed E-state index contributed by atoms with van der Waals surface area (Å²) < 4.78 is 2.41. The molecule has 5 heteroatoms. The Bertz CT molecular complexity index is 4330. The van der Waals surface area contributed by atoms with Gasteiger partial charge in [0.15, 0.2) is 17.5 Å². The molecule has 0 radical (unpaired) electrons. The first-order chi connectivity index (χ1) is 36.6. The summed E-state index contributed by atoms with van der Waals surface area (Å²) in [4.78, 5) is 15.8. The zero-order valence-electron chi connectivity index (χ0n) is 40.1. The van der Waals surface area contributed by atoms with Crippen molar-refractivity contribution in [3.8, 4) is 79.3 Å². The van der Waals surface area contributed by atoms with Crippen LogP contribution in [-0.2, 0) is 5.41 Å². The fraction of sp³-hybridized carbons (Fsp3) is 0.0145. The van der Waals surface area contributed by atoms with Crippen molar-refractivity contribution in [1.29, 1.82) is 5.26 Å². The first-order valence-electron chi connectivity index (χ1n) is 25.0. The van der Waals surface area contributed by atoms with E-state index >= 15 is 0 Å². The number of nitriles is 1. The smallest absolute Gasteiger partial charge is 0.164 e. The van der Waals surface area contributed by atoms with E-state index in [9.17, 15) is 5.26 Å². The van der Waals surface area contributed by atoms with E-state index < -0.39 is 5.41 Å². The number of aromatic nitrogens is 4. The van der Waals surface area contributed by atoms with E-state index in [2.05, 4.69) is 211 Å². The van der Waals surface area contributed by atoms with Gasteiger partial charge in [0, 0.05) is 33.2 Å². The van der Waals surface area contributed by atoms with Crippen LogP contribution in [0.4, 0.5) is 0 Å². The van der Waals surface area contributed by atoms with E-state index in [1.54, 1.807) is 0 Å². The third-order valence-electron chi connectivity index (χ3n) is 14.9. The van der Waals surface area contributed by atoms with Gasteiger partial charge in [0.2, 0.25) is 0 Å². The van der Waals surface area contributed by atoms with Crippen molar-refractivity contribution in [3.05, 3.63) is 289 Å². The Morgan fingerprint density at radius 1 is 0.338 bits per heavy atom. The van der Waals surface area contributed by atoms with Gasteiger partial charge < -0.3 is 4.57 Å². The topological polar surface area (TPSA) is 67.4 Å². The minimum absolute atomic E-state index is 0.536. The second-order valence-electron chi connectivity index (χ2n) is 19.1. The first kappa shape index (κ1) is 42.8. The molecule has 2 aromatic heterocycles. The monoisotopic (exact) mass is 941 g/mol. The van der Waals surface area contributed by atoms with Crippen molar-refractivity contribution in [1.82, 2.24) is 19.5 Å². The van der Waals surface area contributed by atoms with Gasteiger partial charge >= 0.3 is 0 Å². The van der Waals surface area contributed by atoms with Crippen molar-refractivity contribution < 1.29 is 0 Å². The van der Waals surface area contributed by atoms with Crippen LogP contribution in [0.2, 0.25) is 0 Å². The Morgan fingerprint density at radius 2 is 0.878 bits per heavy atom. The van der Waals surface area contributed by atoms with Gasteiger partial charge in [-0.05, 0) is 127 Å². The lowest BCUT2D eigenvalue weighted by Crippen LogP contribution is -2.28. The van der Waals surface area contributed by atoms with Crippen molar-refractivity contribution >= 4 is 32.6 Å². The molecule has 0 aliphatic heterocycles. The van der Waals surface area contributed by atoms with Crippen LogP contribution in [0.3, 0.4) is 0 Å². The summed E-state index contributed by atoms with van der Waals surface area (Å²) in [5.74, 6) is 1.69. The van der Waals surface area contributed by atoms with Gasteiger partial charge in [-0.3, -0.25) is 0 Å². The molecule has 344 valence electrons. The number of hydrogen-bond donors (Lipinski definition) is 0. The highest BCUT2D eigenvalue weighted by molar-refractivity contribution is 6.12. The van der Waals surface area contributed by atoms with Gasteiger partial charge in [-0.2, -0.15) is 5.26 Å². The molecular weight excluding hydrogens is 899 g/mol. The highest BCUT2D eigenvalue weighted by atomic mass is 15.0. The van der Waals surface area contributed by atoms with Crippen molar-refractivity contribution in [2.45, 2.75) is 5.41 Å². The van der Waals surface area contributed by atoms with Crippen molar-refractivity contribution in [2.24, 2.45) is 0 Å². The molecule has 1 aliphatic carbocycles. The maximum absolute atomic E-state index is 10.6. The largest absolute Gasteiger partial charge is 0.309 e. The number of benzene rings is 11. The molecule has 0 atom stereocenters. The normalized spacial score (nSPS) is 12.4. The molecule has 0 saturated carbocycles. The van der Waals surface area contributed by atoms with Crippen LogP contribution >= 0.6 is 0 Å². The van der Waals surface area contributed by atoms with Crippen LogP contribution in [0, 0.1) is 11.3 Å². The summed E-state index contributed by atoms with van der Waals surface area (Å²) in [5.41, 5.74) is 16.8. The molecule has 5 nitrogen and oxygen atoms in total. The number of nitrogens with zero attached hydrogens (tertiary/aromatic N) is 5. The molecule has 0 saturated heterocycles. The van der Waals surface area contributed by atoms with Gasteiger partial charge in [0.1, 0.15) is 0 Å². The second kappa shape index (κ2) is 17.4. The van der Waals surface area contributed by atoms with Gasteiger partial charge in [-0.1, -0.05) is 200 Å². The van der Waals surface area contributed by atoms with Gasteiger partial charge in [-0.25, -0.2) is 15.0 Å². The molecule has 0 fully saturated rings. The quantitative estimate of drug-likeness (QED) is 0.152.